The summed E-state index contributed by atoms with van der Waals surface area (Å²) in [6.07, 6.45) is 3.55. The molecule has 1 aliphatic rings. The Labute approximate surface area is 188 Å². The van der Waals surface area contributed by atoms with Crippen LogP contribution in [0.2, 0.25) is 0 Å². The maximum atomic E-state index is 12.5. The average Bonchev–Trinajstić information content (AvgIpc) is 3.43. The highest BCUT2D eigenvalue weighted by Gasteiger charge is 2.24. The number of hydrogen-bond acceptors (Lipinski definition) is 9. The highest BCUT2D eigenvalue weighted by atomic mass is 32.1. The van der Waals surface area contributed by atoms with E-state index in [4.69, 9.17) is 19.4 Å². The van der Waals surface area contributed by atoms with Gasteiger partial charge in [0.05, 0.1) is 35.7 Å². The molecule has 0 aliphatic carbocycles. The quantitative estimate of drug-likeness (QED) is 0.428. The number of aromatic nitrogens is 5. The molecule has 4 aromatic heterocycles. The SMILES string of the molecule is CCOC(=O)c1cc(C)nn1-c1nc(N2CCOCC2)c2sc(-c3ccncc3)cc2n1. The summed E-state index contributed by atoms with van der Waals surface area (Å²) in [5, 5.41) is 4.48. The molecule has 4 aromatic rings. The van der Waals surface area contributed by atoms with Gasteiger partial charge in [-0.3, -0.25) is 4.98 Å². The fourth-order valence-corrected chi connectivity index (χ4v) is 4.77. The normalized spacial score (nSPS) is 14.1. The molecule has 1 fully saturated rings. The summed E-state index contributed by atoms with van der Waals surface area (Å²) in [6, 6.07) is 7.69. The molecule has 9 nitrogen and oxygen atoms in total. The smallest absolute Gasteiger partial charge is 0.357 e. The van der Waals surface area contributed by atoms with Gasteiger partial charge < -0.3 is 14.4 Å². The van der Waals surface area contributed by atoms with Crippen LogP contribution in [0, 0.1) is 6.92 Å². The number of hydrogen-bond donors (Lipinski definition) is 0. The second kappa shape index (κ2) is 8.64. The predicted octanol–water partition coefficient (Wildman–Crippen LogP) is 3.26. The van der Waals surface area contributed by atoms with Gasteiger partial charge in [-0.25, -0.2) is 9.78 Å². The first kappa shape index (κ1) is 20.5. The van der Waals surface area contributed by atoms with E-state index in [1.807, 2.05) is 25.1 Å². The Morgan fingerprint density at radius 3 is 2.72 bits per heavy atom. The molecule has 0 amide bonds. The minimum absolute atomic E-state index is 0.280. The van der Waals surface area contributed by atoms with Gasteiger partial charge in [-0.1, -0.05) is 0 Å². The van der Waals surface area contributed by atoms with Gasteiger partial charge in [0.2, 0.25) is 0 Å². The minimum Gasteiger partial charge on any atom is -0.461 e. The summed E-state index contributed by atoms with van der Waals surface area (Å²) in [5.41, 5.74) is 2.87. The number of fused-ring (bicyclic) bond motifs is 1. The van der Waals surface area contributed by atoms with Gasteiger partial charge in [0.1, 0.15) is 0 Å². The van der Waals surface area contributed by atoms with Gasteiger partial charge in [-0.05, 0) is 43.7 Å². The molecule has 5 heterocycles. The molecule has 0 aromatic carbocycles. The average molecular weight is 451 g/mol. The van der Waals surface area contributed by atoms with Crippen LogP contribution < -0.4 is 4.90 Å². The largest absolute Gasteiger partial charge is 0.461 e. The standard InChI is InChI=1S/C22H22N6O3S/c1-3-31-21(29)17-12-14(2)26-28(17)22-24-16-13-18(15-4-6-23-7-5-15)32-19(16)20(25-22)27-8-10-30-11-9-27/h4-7,12-13H,3,8-11H2,1-2H3. The molecule has 32 heavy (non-hydrogen) atoms. The van der Waals surface area contributed by atoms with E-state index >= 15 is 0 Å². The predicted molar refractivity (Wildman–Crippen MR) is 121 cm³/mol. The summed E-state index contributed by atoms with van der Waals surface area (Å²) >= 11 is 1.64. The van der Waals surface area contributed by atoms with Crippen LogP contribution in [0.3, 0.4) is 0 Å². The molecule has 164 valence electrons. The number of aryl methyl sites for hydroxylation is 1. The number of carbonyl (C=O) groups excluding carboxylic acids is 1. The van der Waals surface area contributed by atoms with Gasteiger partial charge in [0, 0.05) is 30.4 Å². The Bertz CT molecular complexity index is 1260. The lowest BCUT2D eigenvalue weighted by Gasteiger charge is -2.28. The highest BCUT2D eigenvalue weighted by Crippen LogP contribution is 2.38. The van der Waals surface area contributed by atoms with Gasteiger partial charge in [-0.2, -0.15) is 14.8 Å². The number of pyridine rings is 1. The molecule has 1 saturated heterocycles. The molecule has 0 unspecified atom stereocenters. The number of morpholine rings is 1. The topological polar surface area (TPSA) is 95.3 Å². The lowest BCUT2D eigenvalue weighted by molar-refractivity contribution is 0.0515. The third-order valence-corrected chi connectivity index (χ3v) is 6.29. The second-order valence-corrected chi connectivity index (χ2v) is 8.36. The Morgan fingerprint density at radius 1 is 1.19 bits per heavy atom. The zero-order valence-electron chi connectivity index (χ0n) is 17.8. The van der Waals surface area contributed by atoms with E-state index in [9.17, 15) is 4.79 Å². The molecule has 0 atom stereocenters. The molecule has 0 radical (unpaired) electrons. The summed E-state index contributed by atoms with van der Waals surface area (Å²) in [7, 11) is 0. The van der Waals surface area contributed by atoms with Crippen LogP contribution in [0.25, 0.3) is 26.6 Å². The molecule has 5 rings (SSSR count). The summed E-state index contributed by atoms with van der Waals surface area (Å²) in [6.45, 7) is 6.62. The van der Waals surface area contributed by atoms with Crippen LogP contribution in [0.4, 0.5) is 5.82 Å². The Hall–Kier alpha value is -3.37. The number of carbonyl (C=O) groups is 1. The van der Waals surface area contributed by atoms with Crippen molar-refractivity contribution in [2.75, 3.05) is 37.8 Å². The highest BCUT2D eigenvalue weighted by molar-refractivity contribution is 7.22. The van der Waals surface area contributed by atoms with Crippen LogP contribution >= 0.6 is 11.3 Å². The van der Waals surface area contributed by atoms with Crippen molar-refractivity contribution in [1.29, 1.82) is 0 Å². The van der Waals surface area contributed by atoms with Gasteiger partial charge in [-0.15, -0.1) is 11.3 Å². The van der Waals surface area contributed by atoms with Crippen molar-refractivity contribution >= 4 is 33.3 Å². The lowest BCUT2D eigenvalue weighted by Crippen LogP contribution is -2.37. The van der Waals surface area contributed by atoms with Crippen LogP contribution in [-0.4, -0.2) is 63.6 Å². The van der Waals surface area contributed by atoms with Crippen LogP contribution in [0.1, 0.15) is 23.1 Å². The van der Waals surface area contributed by atoms with E-state index in [-0.39, 0.29) is 6.61 Å². The fourth-order valence-electron chi connectivity index (χ4n) is 3.65. The zero-order chi connectivity index (χ0) is 22.1. The van der Waals surface area contributed by atoms with E-state index in [2.05, 4.69) is 15.0 Å². The lowest BCUT2D eigenvalue weighted by atomic mass is 10.2. The molecule has 0 bridgehead atoms. The zero-order valence-corrected chi connectivity index (χ0v) is 18.6. The number of nitrogens with zero attached hydrogens (tertiary/aromatic N) is 6. The molecule has 0 N–H and O–H groups in total. The first-order chi connectivity index (χ1) is 15.6. The van der Waals surface area contributed by atoms with Crippen molar-refractivity contribution < 1.29 is 14.3 Å². The third kappa shape index (κ3) is 3.82. The number of ether oxygens (including phenoxy) is 2. The molecular formula is C22H22N6O3S. The first-order valence-corrected chi connectivity index (χ1v) is 11.2. The number of esters is 1. The van der Waals surface area contributed by atoms with E-state index in [0.717, 1.165) is 39.6 Å². The summed E-state index contributed by atoms with van der Waals surface area (Å²) in [4.78, 5) is 29.6. The van der Waals surface area contributed by atoms with E-state index in [1.54, 1.807) is 36.7 Å². The second-order valence-electron chi connectivity index (χ2n) is 7.31. The third-order valence-electron chi connectivity index (χ3n) is 5.12. The van der Waals surface area contributed by atoms with E-state index < -0.39 is 5.97 Å². The molecule has 0 spiro atoms. The fraction of sp³-hybridized carbons (Fsp3) is 0.318. The maximum Gasteiger partial charge on any atom is 0.357 e. The summed E-state index contributed by atoms with van der Waals surface area (Å²) in [5.74, 6) is 0.711. The Morgan fingerprint density at radius 2 is 1.97 bits per heavy atom. The monoisotopic (exact) mass is 450 g/mol. The number of anilines is 1. The van der Waals surface area contributed by atoms with Crippen LogP contribution in [0.15, 0.2) is 36.7 Å². The van der Waals surface area contributed by atoms with Crippen molar-refractivity contribution in [1.82, 2.24) is 24.7 Å². The first-order valence-electron chi connectivity index (χ1n) is 10.4. The van der Waals surface area contributed by atoms with Gasteiger partial charge in [0.25, 0.3) is 5.95 Å². The van der Waals surface area contributed by atoms with Crippen molar-refractivity contribution in [2.24, 2.45) is 0 Å². The molecule has 10 heteroatoms. The van der Waals surface area contributed by atoms with Crippen molar-refractivity contribution in [2.45, 2.75) is 13.8 Å². The molecule has 0 saturated carbocycles. The Balaban J connectivity index is 1.68. The van der Waals surface area contributed by atoms with E-state index in [0.29, 0.717) is 30.5 Å². The van der Waals surface area contributed by atoms with Crippen molar-refractivity contribution in [3.05, 3.63) is 48.0 Å². The summed E-state index contributed by atoms with van der Waals surface area (Å²) < 4.78 is 13.2. The van der Waals surface area contributed by atoms with Crippen molar-refractivity contribution in [3.63, 3.8) is 0 Å². The van der Waals surface area contributed by atoms with Gasteiger partial charge in [0.15, 0.2) is 11.5 Å². The molecular weight excluding hydrogens is 428 g/mol. The Kier molecular flexibility index (Phi) is 5.54. The number of rotatable bonds is 5. The maximum absolute atomic E-state index is 12.5. The molecule has 1 aliphatic heterocycles. The minimum atomic E-state index is -0.451. The van der Waals surface area contributed by atoms with Gasteiger partial charge >= 0.3 is 5.97 Å². The number of thiophene rings is 1. The van der Waals surface area contributed by atoms with Crippen molar-refractivity contribution in [3.8, 4) is 16.4 Å². The van der Waals surface area contributed by atoms with Crippen LogP contribution in [-0.2, 0) is 9.47 Å². The van der Waals surface area contributed by atoms with Crippen LogP contribution in [0.5, 0.6) is 0 Å². The van der Waals surface area contributed by atoms with E-state index in [1.165, 1.54) is 4.68 Å².